The zero-order valence-corrected chi connectivity index (χ0v) is 14.0. The number of carbonyl (C=O) groups is 1. The number of amides is 1. The predicted octanol–water partition coefficient (Wildman–Crippen LogP) is 3.34. The van der Waals surface area contributed by atoms with Crippen LogP contribution in [-0.2, 0) is 4.79 Å². The molecule has 1 heterocycles. The first-order valence-corrected chi connectivity index (χ1v) is 8.82. The van der Waals surface area contributed by atoms with E-state index in [2.05, 4.69) is 10.2 Å². The summed E-state index contributed by atoms with van der Waals surface area (Å²) >= 11 is 14.1. The maximum atomic E-state index is 12.0. The lowest BCUT2D eigenvalue weighted by atomic mass is 10.2. The lowest BCUT2D eigenvalue weighted by Crippen LogP contribution is -2.33. The number of nitrogens with zero attached hydrogens (tertiary/aromatic N) is 1. The fourth-order valence-electron chi connectivity index (χ4n) is 2.20. The molecule has 0 saturated carbocycles. The fraction of sp³-hybridized carbons (Fsp3) is 0.500. The molecule has 0 unspecified atom stereocenters. The molecule has 0 bridgehead atoms. The molecular formula is C14H19Cl2N3OS. The molecule has 116 valence electrons. The molecule has 0 aliphatic carbocycles. The summed E-state index contributed by atoms with van der Waals surface area (Å²) in [6.07, 6.45) is 1.29. The van der Waals surface area contributed by atoms with E-state index in [0.29, 0.717) is 27.8 Å². The minimum absolute atomic E-state index is 0.0741. The number of benzene rings is 1. The van der Waals surface area contributed by atoms with Crippen molar-refractivity contribution >= 4 is 52.2 Å². The summed E-state index contributed by atoms with van der Waals surface area (Å²) in [5.74, 6) is 2.29. The van der Waals surface area contributed by atoms with Crippen molar-refractivity contribution in [2.75, 3.05) is 42.2 Å². The van der Waals surface area contributed by atoms with Gasteiger partial charge in [-0.1, -0.05) is 23.2 Å². The zero-order valence-electron chi connectivity index (χ0n) is 11.7. The highest BCUT2D eigenvalue weighted by Crippen LogP contribution is 2.32. The third kappa shape index (κ3) is 5.25. The molecule has 1 aromatic rings. The number of hydrogen-bond acceptors (Lipinski definition) is 4. The van der Waals surface area contributed by atoms with Gasteiger partial charge in [0.05, 0.1) is 15.7 Å². The number of halogens is 2. The fourth-order valence-corrected chi connectivity index (χ4v) is 3.78. The van der Waals surface area contributed by atoms with Crippen LogP contribution in [0.3, 0.4) is 0 Å². The second kappa shape index (κ2) is 8.13. The minimum Gasteiger partial charge on any atom is -0.399 e. The van der Waals surface area contributed by atoms with Crippen molar-refractivity contribution < 1.29 is 4.79 Å². The van der Waals surface area contributed by atoms with Crippen LogP contribution in [-0.4, -0.2) is 41.9 Å². The van der Waals surface area contributed by atoms with Gasteiger partial charge in [0.2, 0.25) is 5.91 Å². The zero-order chi connectivity index (χ0) is 15.2. The summed E-state index contributed by atoms with van der Waals surface area (Å²) in [4.78, 5) is 14.4. The van der Waals surface area contributed by atoms with Gasteiger partial charge in [-0.25, -0.2) is 0 Å². The third-order valence-electron chi connectivity index (χ3n) is 3.31. The van der Waals surface area contributed by atoms with E-state index in [1.165, 1.54) is 11.5 Å². The van der Waals surface area contributed by atoms with Gasteiger partial charge in [-0.3, -0.25) is 4.79 Å². The predicted molar refractivity (Wildman–Crippen MR) is 92.5 cm³/mol. The molecule has 4 nitrogen and oxygen atoms in total. The van der Waals surface area contributed by atoms with E-state index < -0.39 is 0 Å². The highest BCUT2D eigenvalue weighted by Gasteiger charge is 2.13. The van der Waals surface area contributed by atoms with Crippen molar-refractivity contribution in [2.45, 2.75) is 12.8 Å². The second-order valence-corrected chi connectivity index (χ2v) is 7.00. The van der Waals surface area contributed by atoms with Gasteiger partial charge in [-0.2, -0.15) is 11.8 Å². The van der Waals surface area contributed by atoms with Crippen LogP contribution in [0.25, 0.3) is 0 Å². The van der Waals surface area contributed by atoms with Crippen molar-refractivity contribution in [3.8, 4) is 0 Å². The van der Waals surface area contributed by atoms with Crippen molar-refractivity contribution in [1.82, 2.24) is 4.90 Å². The van der Waals surface area contributed by atoms with Crippen LogP contribution < -0.4 is 11.1 Å². The van der Waals surface area contributed by atoms with Crippen molar-refractivity contribution in [3.05, 3.63) is 22.2 Å². The molecule has 21 heavy (non-hydrogen) atoms. The SMILES string of the molecule is Nc1cc(Cl)c(NC(=O)CCCN2CCSCC2)c(Cl)c1. The molecule has 2 rings (SSSR count). The Morgan fingerprint density at radius 1 is 1.29 bits per heavy atom. The first kappa shape index (κ1) is 16.7. The van der Waals surface area contributed by atoms with E-state index in [4.69, 9.17) is 28.9 Å². The molecule has 0 spiro atoms. The van der Waals surface area contributed by atoms with Crippen molar-refractivity contribution in [3.63, 3.8) is 0 Å². The molecule has 0 atom stereocenters. The van der Waals surface area contributed by atoms with Crippen LogP contribution >= 0.6 is 35.0 Å². The van der Waals surface area contributed by atoms with Crippen molar-refractivity contribution in [1.29, 1.82) is 0 Å². The monoisotopic (exact) mass is 347 g/mol. The van der Waals surface area contributed by atoms with E-state index in [9.17, 15) is 4.79 Å². The van der Waals surface area contributed by atoms with Gasteiger partial charge in [0.15, 0.2) is 0 Å². The number of nitrogen functional groups attached to an aromatic ring is 1. The highest BCUT2D eigenvalue weighted by molar-refractivity contribution is 7.99. The van der Waals surface area contributed by atoms with Gasteiger partial charge in [0.1, 0.15) is 0 Å². The Morgan fingerprint density at radius 3 is 2.52 bits per heavy atom. The average Bonchev–Trinajstić information content (AvgIpc) is 2.44. The Labute approximate surface area is 139 Å². The molecular weight excluding hydrogens is 329 g/mol. The lowest BCUT2D eigenvalue weighted by Gasteiger charge is -2.25. The summed E-state index contributed by atoms with van der Waals surface area (Å²) < 4.78 is 0. The van der Waals surface area contributed by atoms with Crippen LogP contribution in [0.1, 0.15) is 12.8 Å². The number of carbonyl (C=O) groups excluding carboxylic acids is 1. The Morgan fingerprint density at radius 2 is 1.90 bits per heavy atom. The molecule has 0 aromatic heterocycles. The van der Waals surface area contributed by atoms with Crippen LogP contribution in [0.5, 0.6) is 0 Å². The summed E-state index contributed by atoms with van der Waals surface area (Å²) in [6, 6.07) is 3.16. The first-order chi connectivity index (χ1) is 10.1. The molecule has 1 aliphatic heterocycles. The maximum Gasteiger partial charge on any atom is 0.224 e. The van der Waals surface area contributed by atoms with E-state index in [0.717, 1.165) is 26.1 Å². The minimum atomic E-state index is -0.0741. The third-order valence-corrected chi connectivity index (χ3v) is 4.85. The largest absolute Gasteiger partial charge is 0.399 e. The smallest absolute Gasteiger partial charge is 0.224 e. The van der Waals surface area contributed by atoms with Gasteiger partial charge in [0.25, 0.3) is 0 Å². The molecule has 1 aliphatic rings. The molecule has 1 saturated heterocycles. The number of nitrogens with one attached hydrogen (secondary N) is 1. The van der Waals surface area contributed by atoms with Crippen LogP contribution in [0, 0.1) is 0 Å². The molecule has 0 radical (unpaired) electrons. The van der Waals surface area contributed by atoms with Crippen molar-refractivity contribution in [2.24, 2.45) is 0 Å². The highest BCUT2D eigenvalue weighted by atomic mass is 35.5. The van der Waals surface area contributed by atoms with Crippen LogP contribution in [0.4, 0.5) is 11.4 Å². The van der Waals surface area contributed by atoms with Gasteiger partial charge < -0.3 is 16.0 Å². The van der Waals surface area contributed by atoms with Gasteiger partial charge in [-0.05, 0) is 25.1 Å². The van der Waals surface area contributed by atoms with Crippen LogP contribution in [0.2, 0.25) is 10.0 Å². The summed E-state index contributed by atoms with van der Waals surface area (Å²) in [5.41, 5.74) is 6.55. The van der Waals surface area contributed by atoms with Gasteiger partial charge in [-0.15, -0.1) is 0 Å². The Bertz CT molecular complexity index is 484. The quantitative estimate of drug-likeness (QED) is 0.802. The number of anilines is 2. The van der Waals surface area contributed by atoms with E-state index in [1.54, 1.807) is 12.1 Å². The number of nitrogens with two attached hydrogens (primary N) is 1. The summed E-state index contributed by atoms with van der Waals surface area (Å²) in [7, 11) is 0. The van der Waals surface area contributed by atoms with E-state index in [-0.39, 0.29) is 5.91 Å². The Hall–Kier alpha value is -0.620. The van der Waals surface area contributed by atoms with E-state index >= 15 is 0 Å². The average molecular weight is 348 g/mol. The first-order valence-electron chi connectivity index (χ1n) is 6.91. The number of rotatable bonds is 5. The number of thioether (sulfide) groups is 1. The van der Waals surface area contributed by atoms with Gasteiger partial charge >= 0.3 is 0 Å². The van der Waals surface area contributed by atoms with E-state index in [1.807, 2.05) is 11.8 Å². The molecule has 3 N–H and O–H groups in total. The number of hydrogen-bond donors (Lipinski definition) is 2. The lowest BCUT2D eigenvalue weighted by molar-refractivity contribution is -0.116. The normalized spacial score (nSPS) is 15.9. The molecule has 1 fully saturated rings. The Kier molecular flexibility index (Phi) is 6.48. The Balaban J connectivity index is 1.79. The maximum absolute atomic E-state index is 12.0. The molecule has 1 amide bonds. The van der Waals surface area contributed by atoms with Crippen LogP contribution in [0.15, 0.2) is 12.1 Å². The summed E-state index contributed by atoms with van der Waals surface area (Å²) in [6.45, 7) is 3.18. The molecule has 1 aromatic carbocycles. The van der Waals surface area contributed by atoms with Gasteiger partial charge in [0, 0.05) is 36.7 Å². The summed E-state index contributed by atoms with van der Waals surface area (Å²) in [5, 5.41) is 3.49. The second-order valence-electron chi connectivity index (χ2n) is 4.97. The molecule has 7 heteroatoms. The standard InChI is InChI=1S/C14H19Cl2N3OS/c15-11-8-10(17)9-12(16)14(11)18-13(20)2-1-3-19-4-6-21-7-5-19/h8-9H,1-7,17H2,(H,18,20). The topological polar surface area (TPSA) is 58.4 Å².